The van der Waals surface area contributed by atoms with Crippen molar-refractivity contribution in [2.24, 2.45) is 0 Å². The monoisotopic (exact) mass is 372 g/mol. The Morgan fingerprint density at radius 1 is 1.42 bits per heavy atom. The number of nitrogens with zero attached hydrogens (tertiary/aromatic N) is 3. The van der Waals surface area contributed by atoms with Crippen molar-refractivity contribution in [3.63, 3.8) is 0 Å². The molecule has 1 aromatic heterocycles. The van der Waals surface area contributed by atoms with Gasteiger partial charge in [0.05, 0.1) is 17.8 Å². The molecule has 1 aromatic carbocycles. The van der Waals surface area contributed by atoms with E-state index in [1.165, 1.54) is 12.3 Å². The molecule has 0 aliphatic heterocycles. The van der Waals surface area contributed by atoms with Gasteiger partial charge in [-0.05, 0) is 25.1 Å². The highest BCUT2D eigenvalue weighted by molar-refractivity contribution is 6.35. The largest absolute Gasteiger partial charge is 0.480 e. The number of carbonyl (C=O) groups excluding carboxylic acids is 1. The fourth-order valence-corrected chi connectivity index (χ4v) is 2.22. The second kappa shape index (κ2) is 7.98. The molecule has 0 radical (unpaired) electrons. The first-order valence-corrected chi connectivity index (χ1v) is 7.61. The van der Waals surface area contributed by atoms with Gasteiger partial charge in [0, 0.05) is 5.02 Å². The molecule has 1 amide bonds. The SMILES string of the molecule is CC(Oc1ccc(Cl)cc1Cl)C(=O)NCc1cn(CC(=O)O)nn1. The molecule has 0 aliphatic carbocycles. The summed E-state index contributed by atoms with van der Waals surface area (Å²) in [4.78, 5) is 22.6. The predicted molar refractivity (Wildman–Crippen MR) is 86.1 cm³/mol. The summed E-state index contributed by atoms with van der Waals surface area (Å²) in [5, 5.41) is 19.5. The van der Waals surface area contributed by atoms with Crippen LogP contribution in [0.15, 0.2) is 24.4 Å². The standard InChI is InChI=1S/C14H14Cl2N4O4/c1-8(24-12-3-2-9(15)4-11(12)16)14(23)17-5-10-6-20(19-18-10)7-13(21)22/h2-4,6,8H,5,7H2,1H3,(H,17,23)(H,21,22). The highest BCUT2D eigenvalue weighted by Gasteiger charge is 2.16. The van der Waals surface area contributed by atoms with Gasteiger partial charge in [-0.2, -0.15) is 0 Å². The summed E-state index contributed by atoms with van der Waals surface area (Å²) in [7, 11) is 0. The van der Waals surface area contributed by atoms with Gasteiger partial charge in [0.15, 0.2) is 6.10 Å². The van der Waals surface area contributed by atoms with Gasteiger partial charge < -0.3 is 15.2 Å². The van der Waals surface area contributed by atoms with E-state index in [4.69, 9.17) is 33.0 Å². The normalized spacial score (nSPS) is 11.8. The molecule has 2 aromatic rings. The van der Waals surface area contributed by atoms with Crippen molar-refractivity contribution in [1.29, 1.82) is 0 Å². The van der Waals surface area contributed by atoms with Crippen LogP contribution in [0.3, 0.4) is 0 Å². The molecule has 0 bridgehead atoms. The number of halogens is 2. The van der Waals surface area contributed by atoms with Crippen LogP contribution in [-0.2, 0) is 22.7 Å². The zero-order valence-corrected chi connectivity index (χ0v) is 14.1. The number of aliphatic carboxylic acids is 1. The summed E-state index contributed by atoms with van der Waals surface area (Å²) in [5.41, 5.74) is 0.432. The third-order valence-corrected chi connectivity index (χ3v) is 3.42. The van der Waals surface area contributed by atoms with Crippen LogP contribution in [0.4, 0.5) is 0 Å². The summed E-state index contributed by atoms with van der Waals surface area (Å²) in [6.45, 7) is 1.37. The van der Waals surface area contributed by atoms with E-state index in [-0.39, 0.29) is 19.0 Å². The highest BCUT2D eigenvalue weighted by atomic mass is 35.5. The fraction of sp³-hybridized carbons (Fsp3) is 0.286. The second-order valence-corrected chi connectivity index (χ2v) is 5.70. The molecule has 0 spiro atoms. The molecule has 0 saturated carbocycles. The number of rotatable bonds is 7. The van der Waals surface area contributed by atoms with E-state index in [1.54, 1.807) is 19.1 Å². The zero-order valence-electron chi connectivity index (χ0n) is 12.6. The zero-order chi connectivity index (χ0) is 17.7. The van der Waals surface area contributed by atoms with Crippen LogP contribution in [0, 0.1) is 0 Å². The molecular weight excluding hydrogens is 359 g/mol. The van der Waals surface area contributed by atoms with E-state index in [0.717, 1.165) is 4.68 Å². The Morgan fingerprint density at radius 3 is 2.83 bits per heavy atom. The molecular formula is C14H14Cl2N4O4. The summed E-state index contributed by atoms with van der Waals surface area (Å²) in [6.07, 6.45) is 0.647. The Kier molecular flexibility index (Phi) is 5.99. The Bertz CT molecular complexity index is 750. The van der Waals surface area contributed by atoms with Gasteiger partial charge in [-0.1, -0.05) is 28.4 Å². The summed E-state index contributed by atoms with van der Waals surface area (Å²) >= 11 is 11.8. The minimum absolute atomic E-state index is 0.0977. The number of benzene rings is 1. The van der Waals surface area contributed by atoms with Crippen LogP contribution in [0.25, 0.3) is 0 Å². The molecule has 0 aliphatic rings. The van der Waals surface area contributed by atoms with Crippen LogP contribution in [-0.4, -0.2) is 38.1 Å². The van der Waals surface area contributed by atoms with E-state index < -0.39 is 12.1 Å². The van der Waals surface area contributed by atoms with Gasteiger partial charge in [-0.3, -0.25) is 9.59 Å². The predicted octanol–water partition coefficient (Wildman–Crippen LogP) is 1.75. The molecule has 24 heavy (non-hydrogen) atoms. The van der Waals surface area contributed by atoms with E-state index >= 15 is 0 Å². The number of carboxylic acid groups (broad SMARTS) is 1. The number of amides is 1. The van der Waals surface area contributed by atoms with Crippen molar-refractivity contribution in [3.8, 4) is 5.75 Å². The van der Waals surface area contributed by atoms with Crippen LogP contribution in [0.1, 0.15) is 12.6 Å². The smallest absolute Gasteiger partial charge is 0.325 e. The number of hydrogen-bond donors (Lipinski definition) is 2. The number of carboxylic acids is 1. The Labute approximate surface area is 147 Å². The number of hydrogen-bond acceptors (Lipinski definition) is 5. The van der Waals surface area contributed by atoms with Gasteiger partial charge in [0.1, 0.15) is 18.0 Å². The quantitative estimate of drug-likeness (QED) is 0.766. The first-order valence-electron chi connectivity index (χ1n) is 6.85. The number of nitrogens with one attached hydrogen (secondary N) is 1. The van der Waals surface area contributed by atoms with Crippen molar-refractivity contribution in [1.82, 2.24) is 20.3 Å². The first kappa shape index (κ1) is 18.0. The lowest BCUT2D eigenvalue weighted by Gasteiger charge is -2.15. The average molecular weight is 373 g/mol. The third kappa shape index (κ3) is 5.10. The fourth-order valence-electron chi connectivity index (χ4n) is 1.77. The van der Waals surface area contributed by atoms with E-state index in [2.05, 4.69) is 15.6 Å². The lowest BCUT2D eigenvalue weighted by Crippen LogP contribution is -2.36. The molecule has 1 heterocycles. The van der Waals surface area contributed by atoms with Gasteiger partial charge in [0.25, 0.3) is 5.91 Å². The first-order chi connectivity index (χ1) is 11.3. The van der Waals surface area contributed by atoms with Crippen molar-refractivity contribution in [2.75, 3.05) is 0 Å². The third-order valence-electron chi connectivity index (χ3n) is 2.89. The van der Waals surface area contributed by atoms with Crippen LogP contribution in [0.5, 0.6) is 5.75 Å². The molecule has 0 fully saturated rings. The van der Waals surface area contributed by atoms with Crippen molar-refractivity contribution in [3.05, 3.63) is 40.1 Å². The Hall–Kier alpha value is -2.32. The number of aromatic nitrogens is 3. The molecule has 0 saturated heterocycles. The molecule has 10 heteroatoms. The second-order valence-electron chi connectivity index (χ2n) is 4.85. The average Bonchev–Trinajstić information content (AvgIpc) is 2.94. The summed E-state index contributed by atoms with van der Waals surface area (Å²) in [5.74, 6) is -1.07. The van der Waals surface area contributed by atoms with Crippen molar-refractivity contribution < 1.29 is 19.4 Å². The Balaban J connectivity index is 1.87. The lowest BCUT2D eigenvalue weighted by atomic mass is 10.3. The maximum absolute atomic E-state index is 12.0. The van der Waals surface area contributed by atoms with Crippen molar-refractivity contribution >= 4 is 35.1 Å². The van der Waals surface area contributed by atoms with E-state index in [0.29, 0.717) is 21.5 Å². The highest BCUT2D eigenvalue weighted by Crippen LogP contribution is 2.28. The van der Waals surface area contributed by atoms with Crippen molar-refractivity contribution in [2.45, 2.75) is 26.1 Å². The van der Waals surface area contributed by atoms with Crippen LogP contribution >= 0.6 is 23.2 Å². The van der Waals surface area contributed by atoms with Crippen LogP contribution in [0.2, 0.25) is 10.0 Å². The van der Waals surface area contributed by atoms with Gasteiger partial charge in [0.2, 0.25) is 0 Å². The molecule has 128 valence electrons. The molecule has 2 N–H and O–H groups in total. The number of carbonyl (C=O) groups is 2. The molecule has 1 atom stereocenters. The number of ether oxygens (including phenoxy) is 1. The topological polar surface area (TPSA) is 106 Å². The van der Waals surface area contributed by atoms with Crippen LogP contribution < -0.4 is 10.1 Å². The molecule has 8 nitrogen and oxygen atoms in total. The maximum Gasteiger partial charge on any atom is 0.325 e. The minimum Gasteiger partial charge on any atom is -0.480 e. The van der Waals surface area contributed by atoms with Gasteiger partial charge in [-0.15, -0.1) is 5.10 Å². The summed E-state index contributed by atoms with van der Waals surface area (Å²) in [6, 6.07) is 4.70. The van der Waals surface area contributed by atoms with Gasteiger partial charge in [-0.25, -0.2) is 4.68 Å². The lowest BCUT2D eigenvalue weighted by molar-refractivity contribution is -0.138. The minimum atomic E-state index is -1.03. The Morgan fingerprint density at radius 2 is 2.17 bits per heavy atom. The molecule has 1 unspecified atom stereocenters. The van der Waals surface area contributed by atoms with Gasteiger partial charge >= 0.3 is 5.97 Å². The summed E-state index contributed by atoms with van der Waals surface area (Å²) < 4.78 is 6.65. The molecule has 2 rings (SSSR count). The maximum atomic E-state index is 12.0. The van der Waals surface area contributed by atoms with E-state index in [9.17, 15) is 9.59 Å². The van der Waals surface area contributed by atoms with E-state index in [1.807, 2.05) is 0 Å².